The lowest BCUT2D eigenvalue weighted by molar-refractivity contribution is -0.00816. The first kappa shape index (κ1) is 11.4. The van der Waals surface area contributed by atoms with E-state index < -0.39 is 5.60 Å². The summed E-state index contributed by atoms with van der Waals surface area (Å²) in [4.78, 5) is 0. The summed E-state index contributed by atoms with van der Waals surface area (Å²) in [7, 11) is 0. The molecule has 70 valence electrons. The fraction of sp³-hybridized carbons (Fsp3) is 0.900. The summed E-state index contributed by atoms with van der Waals surface area (Å²) >= 11 is 0. The third-order valence-corrected chi connectivity index (χ3v) is 1.93. The molecule has 0 spiro atoms. The summed E-state index contributed by atoms with van der Waals surface area (Å²) < 4.78 is 5.50. The minimum atomic E-state index is -0.502. The van der Waals surface area contributed by atoms with Crippen LogP contribution in [0.5, 0.6) is 0 Å². The number of ether oxygens (including phenoxy) is 1. The highest BCUT2D eigenvalue weighted by Crippen LogP contribution is 2.23. The molecule has 0 N–H and O–H groups in total. The minimum absolute atomic E-state index is 0.502. The average Bonchev–Trinajstić information content (AvgIpc) is 2.06. The van der Waals surface area contributed by atoms with E-state index in [2.05, 4.69) is 19.9 Å². The first-order chi connectivity index (χ1) is 5.74. The van der Waals surface area contributed by atoms with Gasteiger partial charge in [-0.1, -0.05) is 26.7 Å². The molecule has 0 unspecified atom stereocenters. The fourth-order valence-electron chi connectivity index (χ4n) is 1.50. The lowest BCUT2D eigenvalue weighted by Gasteiger charge is -2.25. The van der Waals surface area contributed by atoms with Crippen molar-refractivity contribution < 1.29 is 4.74 Å². The van der Waals surface area contributed by atoms with E-state index in [1.807, 2.05) is 6.92 Å². The number of nitriles is 1. The molecule has 0 heterocycles. The van der Waals surface area contributed by atoms with Gasteiger partial charge in [-0.25, -0.2) is 0 Å². The lowest BCUT2D eigenvalue weighted by Crippen LogP contribution is -2.30. The second-order valence-electron chi connectivity index (χ2n) is 3.04. The molecule has 0 amide bonds. The number of hydrogen-bond donors (Lipinski definition) is 0. The zero-order chi connectivity index (χ0) is 9.45. The van der Waals surface area contributed by atoms with E-state index in [4.69, 9.17) is 10.00 Å². The van der Waals surface area contributed by atoms with Gasteiger partial charge in [0, 0.05) is 6.61 Å². The second-order valence-corrected chi connectivity index (χ2v) is 3.04. The van der Waals surface area contributed by atoms with Crippen LogP contribution in [0.15, 0.2) is 0 Å². The smallest absolute Gasteiger partial charge is 0.154 e. The van der Waals surface area contributed by atoms with E-state index in [1.54, 1.807) is 0 Å². The van der Waals surface area contributed by atoms with Gasteiger partial charge in [-0.3, -0.25) is 0 Å². The monoisotopic (exact) mass is 169 g/mol. The Morgan fingerprint density at radius 3 is 1.92 bits per heavy atom. The Morgan fingerprint density at radius 2 is 1.67 bits per heavy atom. The maximum atomic E-state index is 8.99. The van der Waals surface area contributed by atoms with E-state index >= 15 is 0 Å². The molecule has 0 aromatic heterocycles. The van der Waals surface area contributed by atoms with Gasteiger partial charge in [0.05, 0.1) is 6.07 Å². The van der Waals surface area contributed by atoms with Crippen LogP contribution in [-0.4, -0.2) is 12.2 Å². The molecule has 0 aromatic carbocycles. The van der Waals surface area contributed by atoms with Crippen LogP contribution < -0.4 is 0 Å². The Bertz CT molecular complexity index is 131. The molecule has 0 aliphatic rings. The van der Waals surface area contributed by atoms with E-state index in [9.17, 15) is 0 Å². The van der Waals surface area contributed by atoms with Gasteiger partial charge in [-0.15, -0.1) is 0 Å². The highest BCUT2D eigenvalue weighted by Gasteiger charge is 2.27. The number of hydrogen-bond acceptors (Lipinski definition) is 2. The Morgan fingerprint density at radius 1 is 1.17 bits per heavy atom. The molecular weight excluding hydrogens is 150 g/mol. The van der Waals surface area contributed by atoms with Gasteiger partial charge in [0.25, 0.3) is 0 Å². The van der Waals surface area contributed by atoms with Crippen molar-refractivity contribution in [1.29, 1.82) is 5.26 Å². The highest BCUT2D eigenvalue weighted by atomic mass is 16.5. The van der Waals surface area contributed by atoms with Crippen LogP contribution in [0.4, 0.5) is 0 Å². The van der Waals surface area contributed by atoms with Gasteiger partial charge in [0.2, 0.25) is 0 Å². The van der Waals surface area contributed by atoms with Crippen molar-refractivity contribution in [2.45, 2.75) is 52.1 Å². The summed E-state index contributed by atoms with van der Waals surface area (Å²) in [5.41, 5.74) is -0.502. The summed E-state index contributed by atoms with van der Waals surface area (Å²) in [6.07, 6.45) is 3.72. The molecule has 12 heavy (non-hydrogen) atoms. The van der Waals surface area contributed by atoms with Crippen LogP contribution in [-0.2, 0) is 4.74 Å². The molecule has 0 bridgehead atoms. The molecule has 0 saturated carbocycles. The molecule has 0 aromatic rings. The lowest BCUT2D eigenvalue weighted by atomic mass is 9.94. The van der Waals surface area contributed by atoms with Gasteiger partial charge in [0.15, 0.2) is 5.60 Å². The summed E-state index contributed by atoms with van der Waals surface area (Å²) in [5, 5.41) is 8.99. The van der Waals surface area contributed by atoms with Crippen molar-refractivity contribution in [3.05, 3.63) is 0 Å². The van der Waals surface area contributed by atoms with Crippen molar-refractivity contribution in [2.24, 2.45) is 0 Å². The maximum absolute atomic E-state index is 8.99. The third-order valence-electron chi connectivity index (χ3n) is 1.93. The fourth-order valence-corrected chi connectivity index (χ4v) is 1.50. The molecule has 0 rings (SSSR count). The molecule has 2 nitrogen and oxygen atoms in total. The first-order valence-electron chi connectivity index (χ1n) is 4.79. The van der Waals surface area contributed by atoms with Gasteiger partial charge in [-0.2, -0.15) is 5.26 Å². The largest absolute Gasteiger partial charge is 0.360 e. The normalized spacial score (nSPS) is 11.2. The van der Waals surface area contributed by atoms with E-state index in [1.165, 1.54) is 0 Å². The quantitative estimate of drug-likeness (QED) is 0.612. The zero-order valence-corrected chi connectivity index (χ0v) is 8.39. The van der Waals surface area contributed by atoms with Gasteiger partial charge in [-0.05, 0) is 19.8 Å². The molecule has 2 heteroatoms. The molecule has 0 fully saturated rings. The second kappa shape index (κ2) is 6.02. The van der Waals surface area contributed by atoms with Crippen LogP contribution in [0.1, 0.15) is 46.5 Å². The average molecular weight is 169 g/mol. The molecular formula is C10H19NO. The van der Waals surface area contributed by atoms with Crippen molar-refractivity contribution >= 4 is 0 Å². The van der Waals surface area contributed by atoms with Gasteiger partial charge >= 0.3 is 0 Å². The predicted octanol–water partition coefficient (Wildman–Crippen LogP) is 2.89. The highest BCUT2D eigenvalue weighted by molar-refractivity contribution is 5.01. The Balaban J connectivity index is 4.19. The van der Waals surface area contributed by atoms with E-state index in [-0.39, 0.29) is 0 Å². The third kappa shape index (κ3) is 3.23. The number of nitrogens with zero attached hydrogens (tertiary/aromatic N) is 1. The van der Waals surface area contributed by atoms with Crippen molar-refractivity contribution in [2.75, 3.05) is 6.61 Å². The van der Waals surface area contributed by atoms with Crippen molar-refractivity contribution in [3.63, 3.8) is 0 Å². The summed E-state index contributed by atoms with van der Waals surface area (Å²) in [5.74, 6) is 0. The molecule has 0 aliphatic heterocycles. The molecule has 0 aliphatic carbocycles. The maximum Gasteiger partial charge on any atom is 0.154 e. The zero-order valence-electron chi connectivity index (χ0n) is 8.39. The SMILES string of the molecule is CCCC(C#N)(CCC)OCC. The van der Waals surface area contributed by atoms with Gasteiger partial charge < -0.3 is 4.74 Å². The standard InChI is InChI=1S/C10H19NO/c1-4-7-10(9-11,8-5-2)12-6-3/h4-8H2,1-3H3. The molecule has 0 saturated heterocycles. The summed E-state index contributed by atoms with van der Waals surface area (Å²) in [6, 6.07) is 2.30. The van der Waals surface area contributed by atoms with Crippen LogP contribution in [0.25, 0.3) is 0 Å². The summed E-state index contributed by atoms with van der Waals surface area (Å²) in [6.45, 7) is 6.74. The van der Waals surface area contributed by atoms with Crippen LogP contribution >= 0.6 is 0 Å². The van der Waals surface area contributed by atoms with Crippen LogP contribution in [0.2, 0.25) is 0 Å². The number of rotatable bonds is 6. The first-order valence-corrected chi connectivity index (χ1v) is 4.79. The van der Waals surface area contributed by atoms with Crippen LogP contribution in [0, 0.1) is 11.3 Å². The minimum Gasteiger partial charge on any atom is -0.360 e. The molecule has 0 atom stereocenters. The van der Waals surface area contributed by atoms with Crippen LogP contribution in [0.3, 0.4) is 0 Å². The molecule has 0 radical (unpaired) electrons. The topological polar surface area (TPSA) is 33.0 Å². The Hall–Kier alpha value is -0.550. The van der Waals surface area contributed by atoms with Gasteiger partial charge in [0.1, 0.15) is 0 Å². The van der Waals surface area contributed by atoms with E-state index in [0.717, 1.165) is 25.7 Å². The van der Waals surface area contributed by atoms with Crippen molar-refractivity contribution in [1.82, 2.24) is 0 Å². The Kier molecular flexibility index (Phi) is 5.74. The van der Waals surface area contributed by atoms with E-state index in [0.29, 0.717) is 6.61 Å². The van der Waals surface area contributed by atoms with Crippen molar-refractivity contribution in [3.8, 4) is 6.07 Å². The Labute approximate surface area is 75.5 Å². The predicted molar refractivity (Wildman–Crippen MR) is 49.8 cm³/mol.